The predicted octanol–water partition coefficient (Wildman–Crippen LogP) is 2.53. The molecule has 1 N–H and O–H groups in total. The zero-order chi connectivity index (χ0) is 17.3. The number of esters is 1. The Morgan fingerprint density at radius 1 is 1.33 bits per heavy atom. The van der Waals surface area contributed by atoms with E-state index in [0.717, 1.165) is 19.3 Å². The van der Waals surface area contributed by atoms with Crippen LogP contribution in [-0.4, -0.2) is 28.7 Å². The van der Waals surface area contributed by atoms with Gasteiger partial charge in [-0.1, -0.05) is 12.1 Å². The van der Waals surface area contributed by atoms with E-state index in [0.29, 0.717) is 11.3 Å². The van der Waals surface area contributed by atoms with Crippen molar-refractivity contribution >= 4 is 23.4 Å². The van der Waals surface area contributed by atoms with Gasteiger partial charge in [0.1, 0.15) is 12.0 Å². The molecule has 126 valence electrons. The van der Waals surface area contributed by atoms with Crippen molar-refractivity contribution < 1.29 is 19.2 Å². The molecule has 8 nitrogen and oxygen atoms in total. The number of hydrogen-bond donors (Lipinski definition) is 1. The van der Waals surface area contributed by atoms with Crippen molar-refractivity contribution in [1.82, 2.24) is 5.32 Å². The molecule has 2 aliphatic rings. The third-order valence-corrected chi connectivity index (χ3v) is 4.39. The molecule has 0 radical (unpaired) electrons. The van der Waals surface area contributed by atoms with Crippen LogP contribution in [0.3, 0.4) is 0 Å². The fourth-order valence-corrected chi connectivity index (χ4v) is 2.83. The highest BCUT2D eigenvalue weighted by Gasteiger charge is 2.39. The minimum absolute atomic E-state index is 0.0557. The van der Waals surface area contributed by atoms with Gasteiger partial charge >= 0.3 is 12.0 Å². The molecule has 0 saturated heterocycles. The highest BCUT2D eigenvalue weighted by molar-refractivity contribution is 6.08. The first kappa shape index (κ1) is 16.1. The van der Waals surface area contributed by atoms with Gasteiger partial charge in [0.25, 0.3) is 5.69 Å². The molecule has 1 aromatic rings. The summed E-state index contributed by atoms with van der Waals surface area (Å²) in [6, 6.07) is 4.57. The number of aliphatic imine (C=N–C) groups is 1. The van der Waals surface area contributed by atoms with Gasteiger partial charge in [0.2, 0.25) is 0 Å². The number of rotatable bonds is 4. The number of ether oxygens (including phenoxy) is 1. The molecule has 1 aliphatic heterocycles. The maximum Gasteiger partial charge on any atom is 0.341 e. The Hall–Kier alpha value is -2.77. The van der Waals surface area contributed by atoms with Crippen molar-refractivity contribution in [2.24, 2.45) is 10.9 Å². The average molecular weight is 331 g/mol. The SMILES string of the molecule is CC1=NC(=O)NC(c2ccc([N+](=O)[O-])cc2)C1C(=O)OC1CCC1. The van der Waals surface area contributed by atoms with Gasteiger partial charge in [0, 0.05) is 17.8 Å². The summed E-state index contributed by atoms with van der Waals surface area (Å²) in [4.78, 5) is 38.3. The minimum atomic E-state index is -0.732. The molecule has 2 unspecified atom stereocenters. The first-order valence-electron chi connectivity index (χ1n) is 7.76. The van der Waals surface area contributed by atoms with Gasteiger partial charge in [-0.25, -0.2) is 9.79 Å². The van der Waals surface area contributed by atoms with Crippen LogP contribution >= 0.6 is 0 Å². The molecule has 1 fully saturated rings. The summed E-state index contributed by atoms with van der Waals surface area (Å²) in [5.74, 6) is -1.16. The maximum absolute atomic E-state index is 12.5. The molecule has 0 bridgehead atoms. The van der Waals surface area contributed by atoms with E-state index in [-0.39, 0.29) is 11.8 Å². The number of nitrogens with one attached hydrogen (secondary N) is 1. The summed E-state index contributed by atoms with van der Waals surface area (Å²) in [6.45, 7) is 1.61. The summed E-state index contributed by atoms with van der Waals surface area (Å²) in [5.41, 5.74) is 0.921. The topological polar surface area (TPSA) is 111 Å². The van der Waals surface area contributed by atoms with E-state index in [1.165, 1.54) is 24.3 Å². The quantitative estimate of drug-likeness (QED) is 0.518. The lowest BCUT2D eigenvalue weighted by atomic mass is 9.87. The van der Waals surface area contributed by atoms with Crippen LogP contribution in [0.15, 0.2) is 29.3 Å². The van der Waals surface area contributed by atoms with Crippen LogP contribution in [0.5, 0.6) is 0 Å². The number of amides is 2. The zero-order valence-corrected chi connectivity index (χ0v) is 13.1. The maximum atomic E-state index is 12.5. The normalized spacial score (nSPS) is 23.7. The van der Waals surface area contributed by atoms with Gasteiger partial charge in [-0.05, 0) is 31.7 Å². The van der Waals surface area contributed by atoms with Gasteiger partial charge in [-0.15, -0.1) is 0 Å². The molecule has 0 spiro atoms. The van der Waals surface area contributed by atoms with Crippen LogP contribution in [0, 0.1) is 16.0 Å². The van der Waals surface area contributed by atoms with Crippen molar-refractivity contribution in [3.05, 3.63) is 39.9 Å². The summed E-state index contributed by atoms with van der Waals surface area (Å²) in [6.07, 6.45) is 2.67. The van der Waals surface area contributed by atoms with Crippen LogP contribution in [0.1, 0.15) is 37.8 Å². The highest BCUT2D eigenvalue weighted by atomic mass is 16.6. The van der Waals surface area contributed by atoms with Gasteiger partial charge in [-0.2, -0.15) is 0 Å². The molecule has 2 atom stereocenters. The Labute approximate surface area is 138 Å². The van der Waals surface area contributed by atoms with Crippen LogP contribution < -0.4 is 5.32 Å². The van der Waals surface area contributed by atoms with Crippen LogP contribution in [0.4, 0.5) is 10.5 Å². The molecule has 0 aromatic heterocycles. The molecule has 1 aliphatic carbocycles. The number of non-ortho nitro benzene ring substituents is 1. The van der Waals surface area contributed by atoms with E-state index >= 15 is 0 Å². The second-order valence-electron chi connectivity index (χ2n) is 6.00. The Balaban J connectivity index is 1.87. The van der Waals surface area contributed by atoms with Crippen LogP contribution in [0.25, 0.3) is 0 Å². The first-order valence-corrected chi connectivity index (χ1v) is 7.76. The van der Waals surface area contributed by atoms with Gasteiger partial charge in [-0.3, -0.25) is 14.9 Å². The number of nitro benzene ring substituents is 1. The van der Waals surface area contributed by atoms with Crippen molar-refractivity contribution in [3.63, 3.8) is 0 Å². The lowest BCUT2D eigenvalue weighted by molar-refractivity contribution is -0.384. The summed E-state index contributed by atoms with van der Waals surface area (Å²) >= 11 is 0. The molecule has 1 saturated carbocycles. The fraction of sp³-hybridized carbons (Fsp3) is 0.438. The van der Waals surface area contributed by atoms with E-state index in [9.17, 15) is 19.7 Å². The molecule has 1 heterocycles. The standard InChI is InChI=1S/C16H17N3O5/c1-9-13(15(20)24-12-3-2-4-12)14(18-16(21)17-9)10-5-7-11(8-6-10)19(22)23/h5-8,12-14H,2-4H2,1H3,(H,18,21). The largest absolute Gasteiger partial charge is 0.462 e. The first-order chi connectivity index (χ1) is 11.5. The predicted molar refractivity (Wildman–Crippen MR) is 84.7 cm³/mol. The van der Waals surface area contributed by atoms with Gasteiger partial charge < -0.3 is 10.1 Å². The number of carbonyl (C=O) groups excluding carboxylic acids is 2. The van der Waals surface area contributed by atoms with Crippen molar-refractivity contribution in [2.75, 3.05) is 0 Å². The van der Waals surface area contributed by atoms with Crippen molar-refractivity contribution in [2.45, 2.75) is 38.3 Å². The molecular formula is C16H17N3O5. The molecule has 3 rings (SSSR count). The van der Waals surface area contributed by atoms with E-state index in [1.54, 1.807) is 6.92 Å². The number of nitrogens with zero attached hydrogens (tertiary/aromatic N) is 2. The van der Waals surface area contributed by atoms with Gasteiger partial charge in [0.15, 0.2) is 0 Å². The summed E-state index contributed by atoms with van der Waals surface area (Å²) < 4.78 is 5.47. The Morgan fingerprint density at radius 3 is 2.54 bits per heavy atom. The van der Waals surface area contributed by atoms with Crippen molar-refractivity contribution in [3.8, 4) is 0 Å². The molecule has 1 aromatic carbocycles. The average Bonchev–Trinajstić information content (AvgIpc) is 2.50. The monoisotopic (exact) mass is 331 g/mol. The van der Waals surface area contributed by atoms with E-state index in [2.05, 4.69) is 10.3 Å². The van der Waals surface area contributed by atoms with Gasteiger partial charge in [0.05, 0.1) is 11.0 Å². The molecule has 8 heteroatoms. The number of benzene rings is 1. The summed E-state index contributed by atoms with van der Waals surface area (Å²) in [7, 11) is 0. The van der Waals surface area contributed by atoms with E-state index < -0.39 is 28.9 Å². The van der Waals surface area contributed by atoms with E-state index in [1.807, 2.05) is 0 Å². The lowest BCUT2D eigenvalue weighted by Gasteiger charge is -2.32. The zero-order valence-electron chi connectivity index (χ0n) is 13.1. The fourth-order valence-electron chi connectivity index (χ4n) is 2.83. The Bertz CT molecular complexity index is 709. The molecule has 2 amide bonds. The van der Waals surface area contributed by atoms with Crippen LogP contribution in [0.2, 0.25) is 0 Å². The minimum Gasteiger partial charge on any atom is -0.462 e. The second-order valence-corrected chi connectivity index (χ2v) is 6.00. The number of urea groups is 1. The van der Waals surface area contributed by atoms with Crippen molar-refractivity contribution in [1.29, 1.82) is 0 Å². The molecular weight excluding hydrogens is 314 g/mol. The number of carbonyl (C=O) groups is 2. The van der Waals surface area contributed by atoms with E-state index in [4.69, 9.17) is 4.74 Å². The number of hydrogen-bond acceptors (Lipinski definition) is 5. The third kappa shape index (κ3) is 3.12. The summed E-state index contributed by atoms with van der Waals surface area (Å²) in [5, 5.41) is 13.4. The third-order valence-electron chi connectivity index (χ3n) is 4.39. The molecule has 24 heavy (non-hydrogen) atoms. The van der Waals surface area contributed by atoms with Crippen LogP contribution in [-0.2, 0) is 9.53 Å². The Morgan fingerprint density at radius 2 is 2.00 bits per heavy atom. The lowest BCUT2D eigenvalue weighted by Crippen LogP contribution is -2.45. The highest BCUT2D eigenvalue weighted by Crippen LogP contribution is 2.31. The Kier molecular flexibility index (Phi) is 4.28. The number of nitro groups is 1. The second kappa shape index (κ2) is 6.38. The smallest absolute Gasteiger partial charge is 0.341 e.